The maximum atomic E-state index is 9.02. The Kier molecular flexibility index (Phi) is 2.31. The standard InChI is InChI=1S/C9H16BN3/c1-12-8-5-3-4-6-9(8)13(2)10(12)7-11/h8-9H,3-6H2,1-2H3/t8-,9-/m1/s1. The third kappa shape index (κ3) is 1.27. The number of hydrogen-bond acceptors (Lipinski definition) is 3. The van der Waals surface area contributed by atoms with Crippen LogP contribution in [-0.4, -0.2) is 42.8 Å². The van der Waals surface area contributed by atoms with E-state index in [1.165, 1.54) is 25.7 Å². The van der Waals surface area contributed by atoms with Gasteiger partial charge >= 0.3 is 6.98 Å². The van der Waals surface area contributed by atoms with Crippen molar-refractivity contribution in [2.24, 2.45) is 0 Å². The van der Waals surface area contributed by atoms with E-state index in [9.17, 15) is 0 Å². The number of fused-ring (bicyclic) bond motifs is 1. The summed E-state index contributed by atoms with van der Waals surface area (Å²) in [7, 11) is 4.17. The monoisotopic (exact) mass is 177 g/mol. The van der Waals surface area contributed by atoms with Crippen molar-refractivity contribution in [3.05, 3.63) is 0 Å². The molecule has 2 fully saturated rings. The summed E-state index contributed by atoms with van der Waals surface area (Å²) in [5.74, 6) is 2.37. The quantitative estimate of drug-likeness (QED) is 0.511. The minimum atomic E-state index is 0.00750. The van der Waals surface area contributed by atoms with Crippen LogP contribution in [0.3, 0.4) is 0 Å². The van der Waals surface area contributed by atoms with Gasteiger partial charge in [-0.1, -0.05) is 12.8 Å². The molecule has 1 saturated heterocycles. The lowest BCUT2D eigenvalue weighted by molar-refractivity contribution is 0.233. The summed E-state index contributed by atoms with van der Waals surface area (Å²) < 4.78 is 0. The van der Waals surface area contributed by atoms with Crippen molar-refractivity contribution in [3.8, 4) is 5.97 Å². The van der Waals surface area contributed by atoms with E-state index in [2.05, 4.69) is 29.7 Å². The SMILES string of the molecule is CN1B(C#N)N(C)[C@@H]2CCCC[C@H]21. The van der Waals surface area contributed by atoms with Gasteiger partial charge in [-0.3, -0.25) is 0 Å². The van der Waals surface area contributed by atoms with E-state index in [4.69, 9.17) is 5.26 Å². The summed E-state index contributed by atoms with van der Waals surface area (Å²) in [5.41, 5.74) is 0. The molecule has 0 aromatic carbocycles. The van der Waals surface area contributed by atoms with Gasteiger partial charge in [0.15, 0.2) is 0 Å². The van der Waals surface area contributed by atoms with Gasteiger partial charge in [0.05, 0.1) is 0 Å². The first-order valence-electron chi connectivity index (χ1n) is 5.09. The first-order chi connectivity index (χ1) is 6.25. The Morgan fingerprint density at radius 2 is 1.62 bits per heavy atom. The van der Waals surface area contributed by atoms with Crippen molar-refractivity contribution < 1.29 is 0 Å². The molecule has 13 heavy (non-hydrogen) atoms. The Morgan fingerprint density at radius 1 is 1.15 bits per heavy atom. The first-order valence-corrected chi connectivity index (χ1v) is 5.09. The molecule has 0 aromatic heterocycles. The fourth-order valence-electron chi connectivity index (χ4n) is 2.87. The van der Waals surface area contributed by atoms with Crippen LogP contribution in [0.1, 0.15) is 25.7 Å². The number of hydrogen-bond donors (Lipinski definition) is 0. The molecule has 1 saturated carbocycles. The van der Waals surface area contributed by atoms with E-state index in [1.54, 1.807) is 0 Å². The highest BCUT2D eigenvalue weighted by Gasteiger charge is 2.47. The first kappa shape index (κ1) is 9.05. The summed E-state index contributed by atoms with van der Waals surface area (Å²) in [6, 6.07) is 1.26. The van der Waals surface area contributed by atoms with Crippen LogP contribution in [0.5, 0.6) is 0 Å². The number of nitrogens with zero attached hydrogens (tertiary/aromatic N) is 3. The molecule has 0 N–H and O–H groups in total. The second-order valence-corrected chi connectivity index (χ2v) is 4.25. The molecule has 1 aliphatic carbocycles. The second-order valence-electron chi connectivity index (χ2n) is 4.25. The van der Waals surface area contributed by atoms with Gasteiger partial charge in [-0.2, -0.15) is 0 Å². The molecule has 1 heterocycles. The molecule has 0 unspecified atom stereocenters. The fraction of sp³-hybridized carbons (Fsp3) is 0.889. The van der Waals surface area contributed by atoms with Gasteiger partial charge < -0.3 is 9.62 Å². The molecule has 2 atom stereocenters. The summed E-state index contributed by atoms with van der Waals surface area (Å²) in [6.45, 7) is 0.00750. The highest BCUT2D eigenvalue weighted by Crippen LogP contribution is 2.32. The third-order valence-electron chi connectivity index (χ3n) is 3.63. The molecule has 1 aliphatic heterocycles. The third-order valence-corrected chi connectivity index (χ3v) is 3.63. The van der Waals surface area contributed by atoms with Crippen molar-refractivity contribution in [1.29, 1.82) is 5.26 Å². The van der Waals surface area contributed by atoms with Crippen LogP contribution in [-0.2, 0) is 0 Å². The molecule has 70 valence electrons. The van der Waals surface area contributed by atoms with Crippen LogP contribution in [0.2, 0.25) is 0 Å². The summed E-state index contributed by atoms with van der Waals surface area (Å²) >= 11 is 0. The molecule has 2 rings (SSSR count). The zero-order valence-corrected chi connectivity index (χ0v) is 8.40. The second kappa shape index (κ2) is 3.32. The van der Waals surface area contributed by atoms with Gasteiger partial charge in [-0.15, -0.1) is 0 Å². The Labute approximate surface area is 80.4 Å². The average molecular weight is 177 g/mol. The fourth-order valence-corrected chi connectivity index (χ4v) is 2.87. The van der Waals surface area contributed by atoms with Crippen molar-refractivity contribution in [1.82, 2.24) is 9.62 Å². The maximum Gasteiger partial charge on any atom is 0.433 e. The van der Waals surface area contributed by atoms with Crippen LogP contribution in [0, 0.1) is 11.2 Å². The van der Waals surface area contributed by atoms with Crippen LogP contribution in [0.25, 0.3) is 0 Å². The number of likely N-dealkylation sites (N-methyl/N-ethyl adjacent to an activating group) is 2. The number of rotatable bonds is 0. The summed E-state index contributed by atoms with van der Waals surface area (Å²) in [6.07, 6.45) is 5.20. The molecule has 0 bridgehead atoms. The van der Waals surface area contributed by atoms with Crippen molar-refractivity contribution in [2.45, 2.75) is 37.8 Å². The van der Waals surface area contributed by atoms with Crippen LogP contribution >= 0.6 is 0 Å². The lowest BCUT2D eigenvalue weighted by Gasteiger charge is -2.31. The summed E-state index contributed by atoms with van der Waals surface area (Å²) in [5, 5.41) is 9.02. The van der Waals surface area contributed by atoms with E-state index in [0.717, 1.165) is 0 Å². The van der Waals surface area contributed by atoms with Gasteiger partial charge in [0.1, 0.15) is 0 Å². The van der Waals surface area contributed by atoms with Gasteiger partial charge in [0.25, 0.3) is 0 Å². The van der Waals surface area contributed by atoms with E-state index in [1.807, 2.05) is 0 Å². The Balaban J connectivity index is 2.18. The van der Waals surface area contributed by atoms with Gasteiger partial charge in [0.2, 0.25) is 0 Å². The molecule has 2 aliphatic rings. The van der Waals surface area contributed by atoms with E-state index >= 15 is 0 Å². The van der Waals surface area contributed by atoms with Crippen molar-refractivity contribution in [3.63, 3.8) is 0 Å². The van der Waals surface area contributed by atoms with E-state index in [-0.39, 0.29) is 6.98 Å². The zero-order chi connectivity index (χ0) is 9.42. The van der Waals surface area contributed by atoms with Crippen LogP contribution < -0.4 is 0 Å². The Hall–Kier alpha value is -0.525. The molecule has 4 heteroatoms. The normalized spacial score (nSPS) is 35.9. The topological polar surface area (TPSA) is 30.3 Å². The highest BCUT2D eigenvalue weighted by atomic mass is 15.3. The molecule has 0 radical (unpaired) electrons. The lowest BCUT2D eigenvalue weighted by Crippen LogP contribution is -2.40. The molecule has 0 amide bonds. The van der Waals surface area contributed by atoms with E-state index < -0.39 is 0 Å². The predicted molar refractivity (Wildman–Crippen MR) is 52.9 cm³/mol. The van der Waals surface area contributed by atoms with E-state index in [0.29, 0.717) is 12.1 Å². The summed E-state index contributed by atoms with van der Waals surface area (Å²) in [4.78, 5) is 4.48. The molecule has 0 aromatic rings. The van der Waals surface area contributed by atoms with Gasteiger partial charge in [-0.05, 0) is 26.9 Å². The molecule has 3 nitrogen and oxygen atoms in total. The molecule has 0 spiro atoms. The molecular formula is C9H16BN3. The Morgan fingerprint density at radius 3 is 2.00 bits per heavy atom. The highest BCUT2D eigenvalue weighted by molar-refractivity contribution is 6.62. The van der Waals surface area contributed by atoms with Crippen molar-refractivity contribution in [2.75, 3.05) is 14.1 Å². The van der Waals surface area contributed by atoms with Crippen molar-refractivity contribution >= 4 is 6.98 Å². The Bertz CT molecular complexity index is 220. The van der Waals surface area contributed by atoms with Crippen LogP contribution in [0.15, 0.2) is 0 Å². The zero-order valence-electron chi connectivity index (χ0n) is 8.40. The maximum absolute atomic E-state index is 9.02. The molecular weight excluding hydrogens is 161 g/mol. The predicted octanol–water partition coefficient (Wildman–Crippen LogP) is 0.726. The number of nitriles is 1. The largest absolute Gasteiger partial charge is 0.433 e. The minimum absolute atomic E-state index is 0.00750. The van der Waals surface area contributed by atoms with Gasteiger partial charge in [-0.25, -0.2) is 5.26 Å². The van der Waals surface area contributed by atoms with Gasteiger partial charge in [0, 0.05) is 18.1 Å². The van der Waals surface area contributed by atoms with Crippen LogP contribution in [0.4, 0.5) is 0 Å². The smallest absolute Gasteiger partial charge is 0.314 e. The average Bonchev–Trinajstić information content (AvgIpc) is 2.41. The lowest BCUT2D eigenvalue weighted by atomic mass is 9.77. The minimum Gasteiger partial charge on any atom is -0.314 e.